The molecular formula is C14H18N8OS. The first-order chi connectivity index (χ1) is 11.6. The van der Waals surface area contributed by atoms with E-state index in [-0.39, 0.29) is 12.1 Å². The van der Waals surface area contributed by atoms with Crippen molar-refractivity contribution in [1.82, 2.24) is 29.8 Å². The molecule has 1 atom stereocenters. The van der Waals surface area contributed by atoms with Gasteiger partial charge < -0.3 is 21.2 Å². The van der Waals surface area contributed by atoms with Gasteiger partial charge in [0.25, 0.3) is 0 Å². The van der Waals surface area contributed by atoms with Crippen molar-refractivity contribution in [3.05, 3.63) is 21.9 Å². The molecule has 3 aromatic rings. The normalized spacial score (nSPS) is 19.1. The molecule has 4 heterocycles. The van der Waals surface area contributed by atoms with E-state index in [2.05, 4.69) is 35.2 Å². The molecule has 0 aliphatic carbocycles. The van der Waals surface area contributed by atoms with Gasteiger partial charge in [-0.3, -0.25) is 4.90 Å². The fourth-order valence-electron chi connectivity index (χ4n) is 2.78. The van der Waals surface area contributed by atoms with E-state index in [4.69, 9.17) is 16.2 Å². The summed E-state index contributed by atoms with van der Waals surface area (Å²) in [7, 11) is 0. The van der Waals surface area contributed by atoms with Crippen molar-refractivity contribution >= 4 is 34.3 Å². The molecule has 10 heteroatoms. The fraction of sp³-hybridized carbons (Fsp3) is 0.429. The van der Waals surface area contributed by atoms with Gasteiger partial charge in [-0.25, -0.2) is 9.97 Å². The van der Waals surface area contributed by atoms with Crippen LogP contribution >= 0.6 is 11.3 Å². The van der Waals surface area contributed by atoms with Gasteiger partial charge in [0.15, 0.2) is 11.5 Å². The molecule has 126 valence electrons. The molecule has 0 saturated carbocycles. The molecule has 5 N–H and O–H groups in total. The highest BCUT2D eigenvalue weighted by atomic mass is 32.1. The number of rotatable bonds is 3. The molecule has 1 aliphatic rings. The highest BCUT2D eigenvalue weighted by Crippen LogP contribution is 2.25. The Morgan fingerprint density at radius 2 is 2.21 bits per heavy atom. The Morgan fingerprint density at radius 3 is 3.00 bits per heavy atom. The second-order valence-corrected chi connectivity index (χ2v) is 6.71. The maximum atomic E-state index is 5.87. The van der Waals surface area contributed by atoms with E-state index in [1.807, 2.05) is 6.92 Å². The first kappa shape index (κ1) is 15.2. The zero-order chi connectivity index (χ0) is 16.7. The van der Waals surface area contributed by atoms with Crippen LogP contribution in [0.4, 0.5) is 11.8 Å². The Bertz CT molecular complexity index is 875. The largest absolute Gasteiger partial charge is 0.382 e. The van der Waals surface area contributed by atoms with E-state index in [9.17, 15) is 0 Å². The molecule has 24 heavy (non-hydrogen) atoms. The van der Waals surface area contributed by atoms with Crippen LogP contribution < -0.4 is 11.5 Å². The van der Waals surface area contributed by atoms with Crippen LogP contribution in [-0.2, 0) is 11.3 Å². The second kappa shape index (κ2) is 5.96. The quantitative estimate of drug-likeness (QED) is 0.636. The number of anilines is 2. The number of aryl methyl sites for hydroxylation is 1. The van der Waals surface area contributed by atoms with Crippen LogP contribution in [0.25, 0.3) is 11.2 Å². The molecule has 0 amide bonds. The smallest absolute Gasteiger partial charge is 0.224 e. The third-order valence-corrected chi connectivity index (χ3v) is 4.85. The van der Waals surface area contributed by atoms with Gasteiger partial charge in [-0.1, -0.05) is 0 Å². The van der Waals surface area contributed by atoms with E-state index < -0.39 is 0 Å². The van der Waals surface area contributed by atoms with Crippen LogP contribution in [0.5, 0.6) is 0 Å². The zero-order valence-corrected chi connectivity index (χ0v) is 14.0. The first-order valence-electron chi connectivity index (χ1n) is 7.62. The summed E-state index contributed by atoms with van der Waals surface area (Å²) in [6.45, 7) is 5.04. The van der Waals surface area contributed by atoms with Crippen LogP contribution in [0.1, 0.15) is 22.6 Å². The van der Waals surface area contributed by atoms with E-state index in [1.165, 1.54) is 0 Å². The predicted molar refractivity (Wildman–Crippen MR) is 91.3 cm³/mol. The Morgan fingerprint density at radius 1 is 1.33 bits per heavy atom. The van der Waals surface area contributed by atoms with E-state index in [0.29, 0.717) is 29.4 Å². The number of fused-ring (bicyclic) bond motifs is 1. The Balaban J connectivity index is 1.54. The van der Waals surface area contributed by atoms with Crippen molar-refractivity contribution in [2.75, 3.05) is 31.2 Å². The average Bonchev–Trinajstić information content (AvgIpc) is 3.14. The third-order valence-electron chi connectivity index (χ3n) is 3.90. The number of ether oxygens (including phenoxy) is 1. The summed E-state index contributed by atoms with van der Waals surface area (Å²) in [5, 5.41) is 3.18. The van der Waals surface area contributed by atoms with Crippen LogP contribution in [0, 0.1) is 6.92 Å². The monoisotopic (exact) mass is 346 g/mol. The van der Waals surface area contributed by atoms with Crippen molar-refractivity contribution < 1.29 is 4.74 Å². The lowest BCUT2D eigenvalue weighted by molar-refractivity contribution is -0.0367. The molecule has 0 aromatic carbocycles. The SMILES string of the molecule is Cc1csc(CN2CCOC(c3nc4nc(N)nc(N)c4[nH]3)C2)n1. The molecule has 1 saturated heterocycles. The minimum atomic E-state index is -0.172. The first-order valence-corrected chi connectivity index (χ1v) is 8.50. The van der Waals surface area contributed by atoms with Gasteiger partial charge in [0.2, 0.25) is 5.95 Å². The Kier molecular flexibility index (Phi) is 3.79. The van der Waals surface area contributed by atoms with Crippen LogP contribution in [0.15, 0.2) is 5.38 Å². The molecular weight excluding hydrogens is 328 g/mol. The number of nitrogens with two attached hydrogens (primary N) is 2. The predicted octanol–water partition coefficient (Wildman–Crippen LogP) is 0.856. The summed E-state index contributed by atoms with van der Waals surface area (Å²) < 4.78 is 5.86. The third kappa shape index (κ3) is 2.90. The van der Waals surface area contributed by atoms with Gasteiger partial charge in [-0.2, -0.15) is 9.97 Å². The van der Waals surface area contributed by atoms with Crippen LogP contribution in [-0.4, -0.2) is 49.5 Å². The lowest BCUT2D eigenvalue weighted by atomic mass is 10.2. The number of hydrogen-bond donors (Lipinski definition) is 3. The van der Waals surface area contributed by atoms with Crippen molar-refractivity contribution in [3.8, 4) is 0 Å². The van der Waals surface area contributed by atoms with Crippen LogP contribution in [0.2, 0.25) is 0 Å². The average molecular weight is 346 g/mol. The summed E-state index contributed by atoms with van der Waals surface area (Å²) in [4.78, 5) is 22.5. The summed E-state index contributed by atoms with van der Waals surface area (Å²) in [5.41, 5.74) is 13.6. The maximum absolute atomic E-state index is 5.87. The number of nitrogens with zero attached hydrogens (tertiary/aromatic N) is 5. The fourth-order valence-corrected chi connectivity index (χ4v) is 3.60. The molecule has 1 unspecified atom stereocenters. The maximum Gasteiger partial charge on any atom is 0.224 e. The van der Waals surface area contributed by atoms with Crippen molar-refractivity contribution in [3.63, 3.8) is 0 Å². The highest BCUT2D eigenvalue weighted by molar-refractivity contribution is 7.09. The van der Waals surface area contributed by atoms with Gasteiger partial charge in [0.1, 0.15) is 22.5 Å². The minimum absolute atomic E-state index is 0.114. The standard InChI is InChI=1S/C14H18N8OS/c1-7-6-24-9(17-7)5-22-2-3-23-8(4-22)12-18-10-11(15)19-14(16)21-13(10)20-12/h6,8H,2-5H2,1H3,(H5,15,16,18,19,20,21). The van der Waals surface area contributed by atoms with Crippen molar-refractivity contribution in [1.29, 1.82) is 0 Å². The van der Waals surface area contributed by atoms with Gasteiger partial charge >= 0.3 is 0 Å². The van der Waals surface area contributed by atoms with Crippen molar-refractivity contribution in [2.24, 2.45) is 0 Å². The highest BCUT2D eigenvalue weighted by Gasteiger charge is 2.26. The second-order valence-electron chi connectivity index (χ2n) is 5.76. The molecule has 1 fully saturated rings. The number of hydrogen-bond acceptors (Lipinski definition) is 9. The van der Waals surface area contributed by atoms with E-state index in [0.717, 1.165) is 30.3 Å². The summed E-state index contributed by atoms with van der Waals surface area (Å²) >= 11 is 1.68. The van der Waals surface area contributed by atoms with Gasteiger partial charge in [-0.05, 0) is 6.92 Å². The molecule has 0 radical (unpaired) electrons. The summed E-state index contributed by atoms with van der Waals surface area (Å²) in [6, 6.07) is 0. The molecule has 0 bridgehead atoms. The molecule has 1 aliphatic heterocycles. The lowest BCUT2D eigenvalue weighted by Gasteiger charge is -2.31. The molecule has 3 aromatic heterocycles. The number of nitrogen functional groups attached to an aromatic ring is 2. The Hall–Kier alpha value is -2.30. The molecule has 0 spiro atoms. The van der Waals surface area contributed by atoms with Crippen molar-refractivity contribution in [2.45, 2.75) is 19.6 Å². The number of aromatic amines is 1. The number of nitrogens with one attached hydrogen (secondary N) is 1. The molecule has 4 rings (SSSR count). The van der Waals surface area contributed by atoms with E-state index in [1.54, 1.807) is 11.3 Å². The summed E-state index contributed by atoms with van der Waals surface area (Å²) in [5.74, 6) is 1.10. The topological polar surface area (TPSA) is 132 Å². The number of aromatic nitrogens is 5. The number of imidazole rings is 1. The lowest BCUT2D eigenvalue weighted by Crippen LogP contribution is -2.38. The Labute approximate surface area is 142 Å². The minimum Gasteiger partial charge on any atom is -0.382 e. The number of thiazole rings is 1. The van der Waals surface area contributed by atoms with Gasteiger partial charge in [0, 0.05) is 24.2 Å². The molecule has 9 nitrogen and oxygen atoms in total. The zero-order valence-electron chi connectivity index (χ0n) is 13.2. The number of H-pyrrole nitrogens is 1. The van der Waals surface area contributed by atoms with E-state index >= 15 is 0 Å². The summed E-state index contributed by atoms with van der Waals surface area (Å²) in [6.07, 6.45) is -0.172. The van der Waals surface area contributed by atoms with Crippen LogP contribution in [0.3, 0.4) is 0 Å². The van der Waals surface area contributed by atoms with Gasteiger partial charge in [-0.15, -0.1) is 11.3 Å². The number of morpholine rings is 1. The van der Waals surface area contributed by atoms with Gasteiger partial charge in [0.05, 0.1) is 13.2 Å².